The van der Waals surface area contributed by atoms with E-state index < -0.39 is 21.5 Å². The summed E-state index contributed by atoms with van der Waals surface area (Å²) < 4.78 is 33.5. The van der Waals surface area contributed by atoms with Crippen LogP contribution in [0, 0.1) is 0 Å². The van der Waals surface area contributed by atoms with E-state index in [4.69, 9.17) is 4.74 Å². The second-order valence-electron chi connectivity index (χ2n) is 8.92. The number of nitrogens with one attached hydrogen (secondary N) is 3. The lowest BCUT2D eigenvalue weighted by Crippen LogP contribution is -2.40. The summed E-state index contributed by atoms with van der Waals surface area (Å²) in [6.45, 7) is 5.32. The lowest BCUT2D eigenvalue weighted by molar-refractivity contribution is 0.0950. The first-order valence-corrected chi connectivity index (χ1v) is 12.4. The molecule has 0 saturated carbocycles. The zero-order valence-electron chi connectivity index (χ0n) is 20.1. The van der Waals surface area contributed by atoms with Crippen LogP contribution in [-0.4, -0.2) is 32.9 Å². The molecule has 0 aromatic heterocycles. The van der Waals surface area contributed by atoms with Crippen molar-refractivity contribution in [2.45, 2.75) is 37.8 Å². The van der Waals surface area contributed by atoms with Gasteiger partial charge in [0.1, 0.15) is 10.6 Å². The SMILES string of the molecule is COc1ccc(C(=O)NCc2cccc(C(=O)Nc3ccccc3)c2)cc1S(=O)(=O)NC(C)(C)C. The molecule has 184 valence electrons. The lowest BCUT2D eigenvalue weighted by Gasteiger charge is -2.21. The molecule has 0 unspecified atom stereocenters. The average Bonchev–Trinajstić information content (AvgIpc) is 2.81. The Morgan fingerprint density at radius 3 is 2.20 bits per heavy atom. The third-order valence-corrected chi connectivity index (χ3v) is 6.61. The molecule has 35 heavy (non-hydrogen) atoms. The summed E-state index contributed by atoms with van der Waals surface area (Å²) in [5.41, 5.74) is 1.31. The van der Waals surface area contributed by atoms with Gasteiger partial charge in [0.05, 0.1) is 7.11 Å². The maximum Gasteiger partial charge on any atom is 0.255 e. The van der Waals surface area contributed by atoms with E-state index in [2.05, 4.69) is 15.4 Å². The number of sulfonamides is 1. The summed E-state index contributed by atoms with van der Waals surface area (Å²) in [7, 11) is -2.56. The third-order valence-electron chi connectivity index (χ3n) is 4.83. The van der Waals surface area contributed by atoms with Gasteiger partial charge in [-0.15, -0.1) is 0 Å². The van der Waals surface area contributed by atoms with Gasteiger partial charge in [-0.2, -0.15) is 0 Å². The number of anilines is 1. The first-order valence-electron chi connectivity index (χ1n) is 10.9. The van der Waals surface area contributed by atoms with E-state index in [0.717, 1.165) is 5.56 Å². The van der Waals surface area contributed by atoms with Crippen LogP contribution in [0.15, 0.2) is 77.7 Å². The maximum absolute atomic E-state index is 12.9. The molecule has 0 aliphatic heterocycles. The normalized spacial score (nSPS) is 11.5. The summed E-state index contributed by atoms with van der Waals surface area (Å²) in [6, 6.07) is 20.2. The highest BCUT2D eigenvalue weighted by Gasteiger charge is 2.26. The van der Waals surface area contributed by atoms with Crippen molar-refractivity contribution >= 4 is 27.5 Å². The Labute approximate surface area is 205 Å². The van der Waals surface area contributed by atoms with Crippen LogP contribution < -0.4 is 20.1 Å². The molecule has 0 aliphatic rings. The molecule has 9 heteroatoms. The number of rotatable bonds is 8. The standard InChI is InChI=1S/C26H29N3O5S/c1-26(2,3)29-35(32,33)23-16-20(13-14-22(23)34-4)24(30)27-17-18-9-8-10-19(15-18)25(31)28-21-11-6-5-7-12-21/h5-16,29H,17H2,1-4H3,(H,27,30)(H,28,31). The minimum Gasteiger partial charge on any atom is -0.495 e. The molecular formula is C26H29N3O5S. The number of hydrogen-bond donors (Lipinski definition) is 3. The number of benzene rings is 3. The Morgan fingerprint density at radius 1 is 0.857 bits per heavy atom. The van der Waals surface area contributed by atoms with Crippen molar-refractivity contribution < 1.29 is 22.7 Å². The quantitative estimate of drug-likeness (QED) is 0.438. The summed E-state index contributed by atoms with van der Waals surface area (Å²) in [4.78, 5) is 25.2. The van der Waals surface area contributed by atoms with Gasteiger partial charge >= 0.3 is 0 Å². The van der Waals surface area contributed by atoms with Gasteiger partial charge in [-0.1, -0.05) is 30.3 Å². The fourth-order valence-corrected chi connectivity index (χ4v) is 4.93. The van der Waals surface area contributed by atoms with Gasteiger partial charge in [0.25, 0.3) is 11.8 Å². The summed E-state index contributed by atoms with van der Waals surface area (Å²) in [5.74, 6) is -0.588. The van der Waals surface area contributed by atoms with Crippen molar-refractivity contribution in [2.24, 2.45) is 0 Å². The molecular weight excluding hydrogens is 466 g/mol. The molecule has 8 nitrogen and oxygen atoms in total. The number of para-hydroxylation sites is 1. The van der Waals surface area contributed by atoms with E-state index in [1.807, 2.05) is 18.2 Å². The third kappa shape index (κ3) is 7.14. The number of carbonyl (C=O) groups is 2. The number of ether oxygens (including phenoxy) is 1. The molecule has 0 fully saturated rings. The lowest BCUT2D eigenvalue weighted by atomic mass is 10.1. The van der Waals surface area contributed by atoms with Crippen molar-refractivity contribution in [3.63, 3.8) is 0 Å². The van der Waals surface area contributed by atoms with Gasteiger partial charge in [0.15, 0.2) is 0 Å². The van der Waals surface area contributed by atoms with E-state index >= 15 is 0 Å². The van der Waals surface area contributed by atoms with Gasteiger partial charge in [0.2, 0.25) is 10.0 Å². The largest absolute Gasteiger partial charge is 0.495 e. The average molecular weight is 496 g/mol. The summed E-state index contributed by atoms with van der Waals surface area (Å²) in [5, 5.41) is 5.59. The van der Waals surface area contributed by atoms with Crippen LogP contribution in [0.2, 0.25) is 0 Å². The van der Waals surface area contributed by atoms with Crippen molar-refractivity contribution in [1.29, 1.82) is 0 Å². The summed E-state index contributed by atoms with van der Waals surface area (Å²) in [6.07, 6.45) is 0. The van der Waals surface area contributed by atoms with Crippen molar-refractivity contribution in [3.05, 3.63) is 89.5 Å². The second kappa shape index (κ2) is 10.7. The van der Waals surface area contributed by atoms with Crippen LogP contribution >= 0.6 is 0 Å². The molecule has 0 saturated heterocycles. The topological polar surface area (TPSA) is 114 Å². The molecule has 0 spiro atoms. The fraction of sp³-hybridized carbons (Fsp3) is 0.231. The maximum atomic E-state index is 12.9. The number of amides is 2. The Kier molecular flexibility index (Phi) is 7.93. The summed E-state index contributed by atoms with van der Waals surface area (Å²) >= 11 is 0. The number of carbonyl (C=O) groups excluding carboxylic acids is 2. The van der Waals surface area contributed by atoms with E-state index in [0.29, 0.717) is 11.3 Å². The smallest absolute Gasteiger partial charge is 0.255 e. The minimum absolute atomic E-state index is 0.123. The fourth-order valence-electron chi connectivity index (χ4n) is 3.32. The molecule has 0 heterocycles. The highest BCUT2D eigenvalue weighted by Crippen LogP contribution is 2.26. The molecule has 0 bridgehead atoms. The predicted molar refractivity (Wildman–Crippen MR) is 135 cm³/mol. The second-order valence-corrected chi connectivity index (χ2v) is 10.6. The Morgan fingerprint density at radius 2 is 1.54 bits per heavy atom. The zero-order valence-corrected chi connectivity index (χ0v) is 20.9. The Bertz CT molecular complexity index is 1320. The van der Waals surface area contributed by atoms with Crippen molar-refractivity contribution in [2.75, 3.05) is 12.4 Å². The molecule has 3 N–H and O–H groups in total. The Hall–Kier alpha value is -3.69. The van der Waals surface area contributed by atoms with Crippen LogP contribution in [0.1, 0.15) is 47.1 Å². The molecule has 0 radical (unpaired) electrons. The monoisotopic (exact) mass is 495 g/mol. The van der Waals surface area contributed by atoms with Gasteiger partial charge < -0.3 is 15.4 Å². The first-order chi connectivity index (χ1) is 16.5. The first kappa shape index (κ1) is 25.9. The van der Waals surface area contributed by atoms with Gasteiger partial charge in [-0.25, -0.2) is 13.1 Å². The minimum atomic E-state index is -3.92. The van der Waals surface area contributed by atoms with Gasteiger partial charge in [-0.3, -0.25) is 9.59 Å². The molecule has 0 aliphatic carbocycles. The molecule has 2 amide bonds. The van der Waals surface area contributed by atoms with Gasteiger partial charge in [-0.05, 0) is 68.8 Å². The Balaban J connectivity index is 1.73. The van der Waals surface area contributed by atoms with E-state index in [1.165, 1.54) is 25.3 Å². The highest BCUT2D eigenvalue weighted by molar-refractivity contribution is 7.89. The van der Waals surface area contributed by atoms with E-state index in [-0.39, 0.29) is 28.7 Å². The van der Waals surface area contributed by atoms with E-state index in [9.17, 15) is 18.0 Å². The van der Waals surface area contributed by atoms with E-state index in [1.54, 1.807) is 57.2 Å². The van der Waals surface area contributed by atoms with Crippen LogP contribution in [-0.2, 0) is 16.6 Å². The highest BCUT2D eigenvalue weighted by atomic mass is 32.2. The number of methoxy groups -OCH3 is 1. The molecule has 3 aromatic carbocycles. The predicted octanol–water partition coefficient (Wildman–Crippen LogP) is 3.95. The zero-order chi connectivity index (χ0) is 25.6. The van der Waals surface area contributed by atoms with Crippen LogP contribution in [0.25, 0.3) is 0 Å². The van der Waals surface area contributed by atoms with Crippen LogP contribution in [0.4, 0.5) is 5.69 Å². The molecule has 0 atom stereocenters. The molecule has 3 aromatic rings. The van der Waals surface area contributed by atoms with Crippen molar-refractivity contribution in [3.8, 4) is 5.75 Å². The molecule has 3 rings (SSSR count). The van der Waals surface area contributed by atoms with Gasteiger partial charge in [0, 0.05) is 28.9 Å². The van der Waals surface area contributed by atoms with Crippen LogP contribution in [0.3, 0.4) is 0 Å². The van der Waals surface area contributed by atoms with Crippen LogP contribution in [0.5, 0.6) is 5.75 Å². The van der Waals surface area contributed by atoms with Crippen molar-refractivity contribution in [1.82, 2.24) is 10.0 Å². The number of hydrogen-bond acceptors (Lipinski definition) is 5.